The molecular weight excluding hydrogens is 440 g/mol. The lowest BCUT2D eigenvalue weighted by molar-refractivity contribution is -0.118. The molecule has 0 aliphatic carbocycles. The van der Waals surface area contributed by atoms with Gasteiger partial charge in [0, 0.05) is 22.4 Å². The highest BCUT2D eigenvalue weighted by Gasteiger charge is 2.26. The van der Waals surface area contributed by atoms with Crippen LogP contribution < -0.4 is 15.4 Å². The van der Waals surface area contributed by atoms with Crippen LogP contribution in [0.2, 0.25) is 0 Å². The number of ether oxygens (including phenoxy) is 1. The summed E-state index contributed by atoms with van der Waals surface area (Å²) in [6.07, 6.45) is 0. The maximum Gasteiger partial charge on any atom is 0.251 e. The molecule has 35 heavy (non-hydrogen) atoms. The molecule has 0 radical (unpaired) electrons. The van der Waals surface area contributed by atoms with Crippen molar-refractivity contribution in [2.45, 2.75) is 46.1 Å². The lowest BCUT2D eigenvalue weighted by Gasteiger charge is -2.23. The van der Waals surface area contributed by atoms with E-state index in [1.807, 2.05) is 56.3 Å². The number of hydrogen-bond acceptors (Lipinski definition) is 4. The van der Waals surface area contributed by atoms with Crippen LogP contribution in [-0.2, 0) is 10.2 Å². The molecule has 0 fully saturated rings. The Balaban J connectivity index is 1.56. The predicted molar refractivity (Wildman–Crippen MR) is 140 cm³/mol. The maximum absolute atomic E-state index is 13.3. The fourth-order valence-electron chi connectivity index (χ4n) is 4.11. The van der Waals surface area contributed by atoms with Crippen LogP contribution in [-0.4, -0.2) is 25.0 Å². The molecule has 2 N–H and O–H groups in total. The zero-order valence-corrected chi connectivity index (χ0v) is 21.1. The third-order valence-corrected chi connectivity index (χ3v) is 6.21. The maximum atomic E-state index is 13.3. The van der Waals surface area contributed by atoms with E-state index < -0.39 is 6.04 Å². The van der Waals surface area contributed by atoms with Crippen LogP contribution in [0.3, 0.4) is 0 Å². The summed E-state index contributed by atoms with van der Waals surface area (Å²) in [7, 11) is 1.56. The molecule has 0 saturated carbocycles. The van der Waals surface area contributed by atoms with Gasteiger partial charge in [-0.05, 0) is 41.2 Å². The number of carbonyl (C=O) groups is 2. The van der Waals surface area contributed by atoms with Gasteiger partial charge in [-0.3, -0.25) is 9.59 Å². The van der Waals surface area contributed by atoms with Gasteiger partial charge in [-0.1, -0.05) is 65.0 Å². The third kappa shape index (κ3) is 5.02. The summed E-state index contributed by atoms with van der Waals surface area (Å²) in [5.41, 5.74) is 3.54. The molecule has 6 heteroatoms. The third-order valence-electron chi connectivity index (χ3n) is 6.21. The van der Waals surface area contributed by atoms with Gasteiger partial charge in [-0.25, -0.2) is 0 Å². The van der Waals surface area contributed by atoms with E-state index in [1.165, 1.54) is 0 Å². The highest BCUT2D eigenvalue weighted by atomic mass is 16.5. The van der Waals surface area contributed by atoms with Gasteiger partial charge in [-0.15, -0.1) is 0 Å². The van der Waals surface area contributed by atoms with Crippen molar-refractivity contribution in [3.63, 3.8) is 0 Å². The Morgan fingerprint density at radius 1 is 0.914 bits per heavy atom. The van der Waals surface area contributed by atoms with Gasteiger partial charge < -0.3 is 19.8 Å². The van der Waals surface area contributed by atoms with Gasteiger partial charge in [0.15, 0.2) is 0 Å². The van der Waals surface area contributed by atoms with Gasteiger partial charge in [0.25, 0.3) is 5.91 Å². The first-order valence-corrected chi connectivity index (χ1v) is 11.8. The summed E-state index contributed by atoms with van der Waals surface area (Å²) in [4.78, 5) is 26.2. The predicted octanol–water partition coefficient (Wildman–Crippen LogP) is 6.29. The molecule has 2 amide bonds. The molecule has 0 aliphatic rings. The summed E-state index contributed by atoms with van der Waals surface area (Å²) in [6.45, 7) is 10.2. The van der Waals surface area contributed by atoms with E-state index in [-0.39, 0.29) is 23.1 Å². The molecule has 0 aliphatic heterocycles. The molecule has 0 bridgehead atoms. The molecule has 0 spiro atoms. The highest BCUT2D eigenvalue weighted by molar-refractivity contribution is 6.08. The van der Waals surface area contributed by atoms with Crippen LogP contribution in [0.1, 0.15) is 50.5 Å². The minimum Gasteiger partial charge on any atom is -0.495 e. The fourth-order valence-corrected chi connectivity index (χ4v) is 4.11. The van der Waals surface area contributed by atoms with E-state index in [9.17, 15) is 9.59 Å². The summed E-state index contributed by atoms with van der Waals surface area (Å²) >= 11 is 0. The molecule has 1 aromatic heterocycles. The molecule has 4 aromatic rings. The van der Waals surface area contributed by atoms with Gasteiger partial charge in [0.1, 0.15) is 23.0 Å². The number of furan rings is 1. The Bertz CT molecular complexity index is 1380. The average molecular weight is 473 g/mol. The van der Waals surface area contributed by atoms with E-state index in [1.54, 1.807) is 25.3 Å². The molecule has 1 atom stereocenters. The van der Waals surface area contributed by atoms with Crippen LogP contribution >= 0.6 is 0 Å². The number of hydrogen-bond donors (Lipinski definition) is 2. The first kappa shape index (κ1) is 24.3. The molecule has 0 saturated heterocycles. The molecule has 3 aromatic carbocycles. The molecule has 182 valence electrons. The second kappa shape index (κ2) is 9.45. The van der Waals surface area contributed by atoms with Crippen molar-refractivity contribution in [1.82, 2.24) is 5.32 Å². The molecular formula is C29H32N2O4. The van der Waals surface area contributed by atoms with E-state index in [0.717, 1.165) is 21.9 Å². The van der Waals surface area contributed by atoms with Crippen molar-refractivity contribution in [3.05, 3.63) is 71.8 Å². The molecule has 0 unspecified atom stereocenters. The summed E-state index contributed by atoms with van der Waals surface area (Å²) in [6, 6.07) is 18.1. The van der Waals surface area contributed by atoms with Crippen molar-refractivity contribution in [3.8, 4) is 5.75 Å². The number of carbonyl (C=O) groups excluding carboxylic acids is 2. The first-order valence-electron chi connectivity index (χ1n) is 11.8. The van der Waals surface area contributed by atoms with Crippen molar-refractivity contribution in [2.24, 2.45) is 5.92 Å². The number of amides is 2. The highest BCUT2D eigenvalue weighted by Crippen LogP contribution is 2.36. The van der Waals surface area contributed by atoms with Crippen LogP contribution in [0.5, 0.6) is 5.75 Å². The monoisotopic (exact) mass is 472 g/mol. The number of anilines is 1. The topological polar surface area (TPSA) is 80.6 Å². The quantitative estimate of drug-likeness (QED) is 0.346. The van der Waals surface area contributed by atoms with Crippen molar-refractivity contribution >= 4 is 39.4 Å². The van der Waals surface area contributed by atoms with Gasteiger partial charge in [-0.2, -0.15) is 0 Å². The van der Waals surface area contributed by atoms with Gasteiger partial charge in [0.2, 0.25) is 5.91 Å². The summed E-state index contributed by atoms with van der Waals surface area (Å²) in [5.74, 6) is -0.231. The first-order chi connectivity index (χ1) is 16.6. The van der Waals surface area contributed by atoms with Crippen molar-refractivity contribution in [2.75, 3.05) is 12.4 Å². The molecule has 1 heterocycles. The minimum atomic E-state index is -0.735. The normalized spacial score (nSPS) is 12.7. The van der Waals surface area contributed by atoms with Crippen molar-refractivity contribution in [1.29, 1.82) is 0 Å². The fraction of sp³-hybridized carbons (Fsp3) is 0.310. The second-order valence-electron chi connectivity index (χ2n) is 10.2. The number of rotatable bonds is 6. The van der Waals surface area contributed by atoms with E-state index in [4.69, 9.17) is 9.15 Å². The van der Waals surface area contributed by atoms with E-state index in [0.29, 0.717) is 22.6 Å². The number of benzene rings is 3. The van der Waals surface area contributed by atoms with Crippen LogP contribution in [0.15, 0.2) is 65.1 Å². The number of fused-ring (bicyclic) bond motifs is 3. The Morgan fingerprint density at radius 3 is 2.23 bits per heavy atom. The SMILES string of the molecule is COc1cc2c(cc1NC(=O)[C@H](NC(=O)c1ccc(C(C)(C)C)cc1)C(C)C)oc1ccccc12. The summed E-state index contributed by atoms with van der Waals surface area (Å²) in [5, 5.41) is 7.70. The zero-order valence-electron chi connectivity index (χ0n) is 21.1. The van der Waals surface area contributed by atoms with Crippen LogP contribution in [0.4, 0.5) is 5.69 Å². The Kier molecular flexibility index (Phi) is 6.57. The van der Waals surface area contributed by atoms with E-state index >= 15 is 0 Å². The van der Waals surface area contributed by atoms with Gasteiger partial charge >= 0.3 is 0 Å². The lowest BCUT2D eigenvalue weighted by atomic mass is 9.86. The zero-order chi connectivity index (χ0) is 25.3. The van der Waals surface area contributed by atoms with E-state index in [2.05, 4.69) is 31.4 Å². The van der Waals surface area contributed by atoms with Gasteiger partial charge in [0.05, 0.1) is 12.8 Å². The van der Waals surface area contributed by atoms with Crippen molar-refractivity contribution < 1.29 is 18.7 Å². The smallest absolute Gasteiger partial charge is 0.251 e. The largest absolute Gasteiger partial charge is 0.495 e. The Morgan fingerprint density at radius 2 is 1.60 bits per heavy atom. The minimum absolute atomic E-state index is 0.00460. The number of nitrogens with one attached hydrogen (secondary N) is 2. The molecule has 4 rings (SSSR count). The Labute approximate surface area is 205 Å². The second-order valence-corrected chi connectivity index (χ2v) is 10.2. The van der Waals surface area contributed by atoms with Crippen LogP contribution in [0.25, 0.3) is 21.9 Å². The summed E-state index contributed by atoms with van der Waals surface area (Å²) < 4.78 is 11.5. The average Bonchev–Trinajstić information content (AvgIpc) is 3.18. The Hall–Kier alpha value is -3.80. The lowest BCUT2D eigenvalue weighted by Crippen LogP contribution is -2.47. The van der Waals surface area contributed by atoms with Crippen LogP contribution in [0, 0.1) is 5.92 Å². The number of para-hydroxylation sites is 1. The standard InChI is InChI=1S/C29H32N2O4/c1-17(2)26(31-27(32)18-11-13-19(14-12-18)29(3,4)5)28(33)30-22-16-24-21(15-25(22)34-6)20-9-7-8-10-23(20)35-24/h7-17,26H,1-6H3,(H,30,33)(H,31,32)/t26-/m1/s1. The molecule has 6 nitrogen and oxygen atoms in total. The number of methoxy groups -OCH3 is 1.